The molecule has 0 aliphatic carbocycles. The lowest BCUT2D eigenvalue weighted by molar-refractivity contribution is 0.205. The van der Waals surface area contributed by atoms with Gasteiger partial charge in [-0.2, -0.15) is 0 Å². The molecule has 1 heterocycles. The minimum absolute atomic E-state index is 0.865. The normalized spacial score (nSPS) is 26.8. The van der Waals surface area contributed by atoms with Gasteiger partial charge in [0.25, 0.3) is 0 Å². The molecule has 1 unspecified atom stereocenters. The highest BCUT2D eigenvalue weighted by Crippen LogP contribution is 2.17. The molecule has 1 saturated heterocycles. The van der Waals surface area contributed by atoms with Gasteiger partial charge < -0.3 is 0 Å². The van der Waals surface area contributed by atoms with Crippen LogP contribution in [0.1, 0.15) is 12.8 Å². The average molecular weight is 218 g/mol. The highest BCUT2D eigenvalue weighted by molar-refractivity contribution is 9.09. The van der Waals surface area contributed by atoms with Crippen LogP contribution in [0.4, 0.5) is 0 Å². The number of halogens is 1. The van der Waals surface area contributed by atoms with Crippen LogP contribution in [0.15, 0.2) is 12.7 Å². The molecular formula is C9H16BrN. The summed E-state index contributed by atoms with van der Waals surface area (Å²) in [6.07, 6.45) is 4.74. The number of hydrogen-bond donors (Lipinski definition) is 0. The van der Waals surface area contributed by atoms with Gasteiger partial charge in [0.1, 0.15) is 0 Å². The minimum atomic E-state index is 0.865. The maximum absolute atomic E-state index is 3.75. The Kier molecular flexibility index (Phi) is 4.16. The van der Waals surface area contributed by atoms with Crippen LogP contribution in [0.5, 0.6) is 0 Å². The van der Waals surface area contributed by atoms with Crippen molar-refractivity contribution in [1.29, 1.82) is 0 Å². The number of piperidine rings is 1. The molecule has 0 radical (unpaired) electrons. The number of rotatable bonds is 3. The van der Waals surface area contributed by atoms with E-state index in [1.807, 2.05) is 6.08 Å². The summed E-state index contributed by atoms with van der Waals surface area (Å²) in [6.45, 7) is 7.32. The SMILES string of the molecule is C=CCN1CCCC(CBr)C1. The molecular weight excluding hydrogens is 202 g/mol. The van der Waals surface area contributed by atoms with Crippen molar-refractivity contribution in [2.75, 3.05) is 25.0 Å². The first kappa shape index (κ1) is 9.27. The summed E-state index contributed by atoms with van der Waals surface area (Å²) in [5, 5.41) is 1.15. The van der Waals surface area contributed by atoms with Crippen molar-refractivity contribution in [2.24, 2.45) is 5.92 Å². The zero-order valence-electron chi connectivity index (χ0n) is 6.93. The van der Waals surface area contributed by atoms with E-state index in [1.165, 1.54) is 25.9 Å². The molecule has 1 nitrogen and oxygen atoms in total. The fraction of sp³-hybridized carbons (Fsp3) is 0.778. The summed E-state index contributed by atoms with van der Waals surface area (Å²) < 4.78 is 0. The smallest absolute Gasteiger partial charge is 0.0160 e. The lowest BCUT2D eigenvalue weighted by Crippen LogP contribution is -2.35. The number of nitrogens with zero attached hydrogens (tertiary/aromatic N) is 1. The fourth-order valence-electron chi connectivity index (χ4n) is 1.63. The van der Waals surface area contributed by atoms with Crippen molar-refractivity contribution in [2.45, 2.75) is 12.8 Å². The van der Waals surface area contributed by atoms with Crippen molar-refractivity contribution in [3.63, 3.8) is 0 Å². The Labute approximate surface area is 77.6 Å². The molecule has 1 aliphatic rings. The van der Waals surface area contributed by atoms with E-state index in [0.717, 1.165) is 17.8 Å². The standard InChI is InChI=1S/C9H16BrN/c1-2-5-11-6-3-4-9(7-10)8-11/h2,9H,1,3-8H2. The number of likely N-dealkylation sites (tertiary alicyclic amines) is 1. The van der Waals surface area contributed by atoms with Gasteiger partial charge in [-0.1, -0.05) is 22.0 Å². The second-order valence-electron chi connectivity index (χ2n) is 3.21. The molecule has 1 rings (SSSR count). The average Bonchev–Trinajstić information content (AvgIpc) is 2.06. The van der Waals surface area contributed by atoms with E-state index in [2.05, 4.69) is 27.4 Å². The fourth-order valence-corrected chi connectivity index (χ4v) is 2.15. The zero-order chi connectivity index (χ0) is 8.10. The van der Waals surface area contributed by atoms with Gasteiger partial charge >= 0.3 is 0 Å². The molecule has 1 fully saturated rings. The van der Waals surface area contributed by atoms with E-state index in [9.17, 15) is 0 Å². The Morgan fingerprint density at radius 3 is 3.09 bits per heavy atom. The lowest BCUT2D eigenvalue weighted by atomic mass is 10.0. The predicted octanol–water partition coefficient (Wildman–Crippen LogP) is 2.28. The van der Waals surface area contributed by atoms with E-state index >= 15 is 0 Å². The van der Waals surface area contributed by atoms with Crippen LogP contribution in [-0.2, 0) is 0 Å². The molecule has 2 heteroatoms. The topological polar surface area (TPSA) is 3.24 Å². The second-order valence-corrected chi connectivity index (χ2v) is 3.86. The van der Waals surface area contributed by atoms with Crippen molar-refractivity contribution >= 4 is 15.9 Å². The Morgan fingerprint density at radius 1 is 1.64 bits per heavy atom. The first-order valence-electron chi connectivity index (χ1n) is 4.26. The summed E-state index contributed by atoms with van der Waals surface area (Å²) in [4.78, 5) is 2.47. The van der Waals surface area contributed by atoms with E-state index in [1.54, 1.807) is 0 Å². The maximum atomic E-state index is 3.75. The maximum Gasteiger partial charge on any atom is 0.0160 e. The minimum Gasteiger partial charge on any atom is -0.299 e. The van der Waals surface area contributed by atoms with E-state index < -0.39 is 0 Å². The highest BCUT2D eigenvalue weighted by Gasteiger charge is 2.17. The van der Waals surface area contributed by atoms with Gasteiger partial charge in [-0.05, 0) is 25.3 Å². The molecule has 11 heavy (non-hydrogen) atoms. The van der Waals surface area contributed by atoms with Crippen LogP contribution in [-0.4, -0.2) is 29.9 Å². The summed E-state index contributed by atoms with van der Waals surface area (Å²) in [5.41, 5.74) is 0. The monoisotopic (exact) mass is 217 g/mol. The van der Waals surface area contributed by atoms with Crippen molar-refractivity contribution in [3.8, 4) is 0 Å². The lowest BCUT2D eigenvalue weighted by Gasteiger charge is -2.30. The molecule has 0 bridgehead atoms. The first-order chi connectivity index (χ1) is 5.36. The third-order valence-corrected chi connectivity index (χ3v) is 3.12. The van der Waals surface area contributed by atoms with Gasteiger partial charge in [0.2, 0.25) is 0 Å². The van der Waals surface area contributed by atoms with Crippen LogP contribution in [0.3, 0.4) is 0 Å². The Balaban J connectivity index is 2.27. The van der Waals surface area contributed by atoms with Crippen LogP contribution in [0.2, 0.25) is 0 Å². The molecule has 1 atom stereocenters. The Hall–Kier alpha value is 0.180. The zero-order valence-corrected chi connectivity index (χ0v) is 8.52. The van der Waals surface area contributed by atoms with Crippen molar-refractivity contribution in [3.05, 3.63) is 12.7 Å². The molecule has 0 saturated carbocycles. The largest absolute Gasteiger partial charge is 0.299 e. The van der Waals surface area contributed by atoms with Crippen LogP contribution < -0.4 is 0 Å². The second kappa shape index (κ2) is 4.94. The van der Waals surface area contributed by atoms with Gasteiger partial charge in [-0.15, -0.1) is 6.58 Å². The van der Waals surface area contributed by atoms with Gasteiger partial charge in [0.15, 0.2) is 0 Å². The molecule has 1 aliphatic heterocycles. The van der Waals surface area contributed by atoms with Crippen LogP contribution in [0, 0.1) is 5.92 Å². The van der Waals surface area contributed by atoms with Crippen LogP contribution >= 0.6 is 15.9 Å². The third kappa shape index (κ3) is 2.96. The molecule has 64 valence electrons. The predicted molar refractivity (Wildman–Crippen MR) is 53.2 cm³/mol. The van der Waals surface area contributed by atoms with Gasteiger partial charge in [0, 0.05) is 18.4 Å². The van der Waals surface area contributed by atoms with Gasteiger partial charge in [0.05, 0.1) is 0 Å². The van der Waals surface area contributed by atoms with Crippen molar-refractivity contribution in [1.82, 2.24) is 4.90 Å². The Bertz CT molecular complexity index is 125. The summed E-state index contributed by atoms with van der Waals surface area (Å²) in [6, 6.07) is 0. The quantitative estimate of drug-likeness (QED) is 0.519. The summed E-state index contributed by atoms with van der Waals surface area (Å²) >= 11 is 3.54. The van der Waals surface area contributed by atoms with Crippen molar-refractivity contribution < 1.29 is 0 Å². The molecule has 0 aromatic heterocycles. The molecule has 0 amide bonds. The van der Waals surface area contributed by atoms with Crippen LogP contribution in [0.25, 0.3) is 0 Å². The van der Waals surface area contributed by atoms with E-state index in [4.69, 9.17) is 0 Å². The summed E-state index contributed by atoms with van der Waals surface area (Å²) in [7, 11) is 0. The number of alkyl halides is 1. The third-order valence-electron chi connectivity index (χ3n) is 2.21. The summed E-state index contributed by atoms with van der Waals surface area (Å²) in [5.74, 6) is 0.865. The van der Waals surface area contributed by atoms with E-state index in [-0.39, 0.29) is 0 Å². The molecule has 0 spiro atoms. The molecule has 0 aromatic carbocycles. The highest BCUT2D eigenvalue weighted by atomic mass is 79.9. The molecule has 0 aromatic rings. The van der Waals surface area contributed by atoms with Gasteiger partial charge in [-0.25, -0.2) is 0 Å². The van der Waals surface area contributed by atoms with Gasteiger partial charge in [-0.3, -0.25) is 4.90 Å². The molecule has 0 N–H and O–H groups in total. The van der Waals surface area contributed by atoms with E-state index in [0.29, 0.717) is 0 Å². The Morgan fingerprint density at radius 2 is 2.45 bits per heavy atom. The number of hydrogen-bond acceptors (Lipinski definition) is 1. The first-order valence-corrected chi connectivity index (χ1v) is 5.38.